The molecule has 1 aromatic rings. The number of benzene rings is 1. The van der Waals surface area contributed by atoms with Gasteiger partial charge in [0, 0.05) is 5.41 Å². The highest BCUT2D eigenvalue weighted by atomic mass is 16.5. The van der Waals surface area contributed by atoms with Gasteiger partial charge in [-0.3, -0.25) is 0 Å². The molecule has 2 saturated carbocycles. The molecule has 0 unspecified atom stereocenters. The van der Waals surface area contributed by atoms with Crippen LogP contribution in [0, 0.1) is 10.8 Å². The highest BCUT2D eigenvalue weighted by Gasteiger charge is 2.82. The van der Waals surface area contributed by atoms with Gasteiger partial charge in [0.25, 0.3) is 0 Å². The first-order valence-corrected chi connectivity index (χ1v) is 6.54. The molecule has 0 aromatic heterocycles. The summed E-state index contributed by atoms with van der Waals surface area (Å²) < 4.78 is 5.88. The largest absolute Gasteiger partial charge is 0.493 e. The summed E-state index contributed by atoms with van der Waals surface area (Å²) in [5.41, 5.74) is 8.06. The Labute approximate surface area is 103 Å². The van der Waals surface area contributed by atoms with E-state index in [1.165, 1.54) is 18.4 Å². The summed E-state index contributed by atoms with van der Waals surface area (Å²) >= 11 is 0. The highest BCUT2D eigenvalue weighted by molar-refractivity contribution is 5.33. The van der Waals surface area contributed by atoms with Crippen molar-refractivity contribution < 1.29 is 4.74 Å². The van der Waals surface area contributed by atoms with Crippen LogP contribution in [0.3, 0.4) is 0 Å². The Morgan fingerprint density at radius 1 is 1.18 bits per heavy atom. The third-order valence-electron chi connectivity index (χ3n) is 4.68. The van der Waals surface area contributed by atoms with E-state index < -0.39 is 0 Å². The first kappa shape index (κ1) is 11.1. The molecule has 92 valence electrons. The Balaban J connectivity index is 1.56. The summed E-state index contributed by atoms with van der Waals surface area (Å²) in [5, 5.41) is 0. The molecule has 0 radical (unpaired) electrons. The van der Waals surface area contributed by atoms with Gasteiger partial charge in [-0.15, -0.1) is 0 Å². The van der Waals surface area contributed by atoms with Gasteiger partial charge in [0.05, 0.1) is 6.61 Å². The van der Waals surface area contributed by atoms with Crippen molar-refractivity contribution in [3.63, 3.8) is 0 Å². The van der Waals surface area contributed by atoms with Crippen LogP contribution < -0.4 is 10.5 Å². The van der Waals surface area contributed by atoms with Crippen molar-refractivity contribution in [2.45, 2.75) is 32.6 Å². The van der Waals surface area contributed by atoms with Crippen LogP contribution in [0.15, 0.2) is 24.3 Å². The van der Waals surface area contributed by atoms with E-state index in [1.807, 2.05) is 0 Å². The zero-order valence-corrected chi connectivity index (χ0v) is 10.7. The van der Waals surface area contributed by atoms with Gasteiger partial charge in [0.15, 0.2) is 0 Å². The van der Waals surface area contributed by atoms with E-state index in [-0.39, 0.29) is 0 Å². The molecule has 0 atom stereocenters. The Kier molecular flexibility index (Phi) is 2.27. The molecule has 0 heterocycles. The fourth-order valence-corrected chi connectivity index (χ4v) is 2.94. The second-order valence-electron chi connectivity index (χ2n) is 6.13. The molecule has 2 N–H and O–H groups in total. The van der Waals surface area contributed by atoms with Crippen molar-refractivity contribution in [3.8, 4) is 5.75 Å². The van der Waals surface area contributed by atoms with Gasteiger partial charge in [-0.05, 0) is 48.4 Å². The van der Waals surface area contributed by atoms with Crippen LogP contribution in [0.5, 0.6) is 5.75 Å². The number of hydrogen-bond donors (Lipinski definition) is 1. The van der Waals surface area contributed by atoms with Gasteiger partial charge in [0.1, 0.15) is 5.75 Å². The van der Waals surface area contributed by atoms with E-state index in [9.17, 15) is 0 Å². The molecule has 2 heteroatoms. The normalized spacial score (nSPS) is 33.4. The third-order valence-corrected chi connectivity index (χ3v) is 4.68. The summed E-state index contributed by atoms with van der Waals surface area (Å²) in [7, 11) is 0. The Bertz CT molecular complexity index is 415. The Morgan fingerprint density at radius 3 is 2.29 bits per heavy atom. The SMILES string of the molecule is CC(C)c1ccc(OCC23CC2(CN)C3)cc1. The smallest absolute Gasteiger partial charge is 0.119 e. The zero-order chi connectivity index (χ0) is 12.1. The molecule has 0 spiro atoms. The van der Waals surface area contributed by atoms with E-state index in [1.54, 1.807) is 0 Å². The van der Waals surface area contributed by atoms with Crippen LogP contribution >= 0.6 is 0 Å². The highest BCUT2D eigenvalue weighted by Crippen LogP contribution is 2.85. The minimum absolute atomic E-state index is 0.457. The monoisotopic (exact) mass is 231 g/mol. The van der Waals surface area contributed by atoms with E-state index in [0.29, 0.717) is 16.7 Å². The molecule has 2 fully saturated rings. The van der Waals surface area contributed by atoms with Crippen molar-refractivity contribution in [3.05, 3.63) is 29.8 Å². The lowest BCUT2D eigenvalue weighted by Crippen LogP contribution is -2.07. The Hall–Kier alpha value is -1.02. The molecule has 2 aliphatic rings. The number of hydrogen-bond acceptors (Lipinski definition) is 2. The molecule has 0 bridgehead atoms. The maximum Gasteiger partial charge on any atom is 0.119 e. The number of nitrogens with two attached hydrogens (primary N) is 1. The van der Waals surface area contributed by atoms with Crippen LogP contribution in [-0.2, 0) is 0 Å². The molecule has 0 saturated heterocycles. The second-order valence-corrected chi connectivity index (χ2v) is 6.13. The summed E-state index contributed by atoms with van der Waals surface area (Å²) in [6, 6.07) is 8.49. The first-order chi connectivity index (χ1) is 8.11. The summed E-state index contributed by atoms with van der Waals surface area (Å²) in [4.78, 5) is 0. The molecule has 3 rings (SSSR count). The molecule has 17 heavy (non-hydrogen) atoms. The van der Waals surface area contributed by atoms with Gasteiger partial charge in [-0.1, -0.05) is 26.0 Å². The second kappa shape index (κ2) is 3.49. The van der Waals surface area contributed by atoms with Crippen molar-refractivity contribution in [2.24, 2.45) is 16.6 Å². The molecule has 2 aliphatic carbocycles. The lowest BCUT2D eigenvalue weighted by atomic mass is 10.0. The fourth-order valence-electron chi connectivity index (χ4n) is 2.94. The number of ether oxygens (including phenoxy) is 1. The predicted molar refractivity (Wildman–Crippen MR) is 69.2 cm³/mol. The average molecular weight is 231 g/mol. The quantitative estimate of drug-likeness (QED) is 0.845. The van der Waals surface area contributed by atoms with E-state index >= 15 is 0 Å². The van der Waals surface area contributed by atoms with E-state index in [2.05, 4.69) is 38.1 Å². The van der Waals surface area contributed by atoms with Gasteiger partial charge in [0.2, 0.25) is 0 Å². The minimum Gasteiger partial charge on any atom is -0.493 e. The van der Waals surface area contributed by atoms with Crippen LogP contribution in [0.25, 0.3) is 0 Å². The predicted octanol–water partition coefficient (Wildman–Crippen LogP) is 2.93. The standard InChI is InChI=1S/C15H21NO/c1-11(2)12-3-5-13(6-4-12)17-10-15-7-14(15,8-15)9-16/h3-6,11H,7-10,16H2,1-2H3. The fraction of sp³-hybridized carbons (Fsp3) is 0.600. The summed E-state index contributed by atoms with van der Waals surface area (Å²) in [6.45, 7) is 6.10. The molecule has 0 amide bonds. The number of fused-ring (bicyclic) bond motifs is 1. The van der Waals surface area contributed by atoms with Gasteiger partial charge in [-0.2, -0.15) is 0 Å². The maximum atomic E-state index is 5.88. The lowest BCUT2D eigenvalue weighted by Gasteiger charge is -2.09. The van der Waals surface area contributed by atoms with Crippen LogP contribution in [0.4, 0.5) is 0 Å². The third kappa shape index (κ3) is 1.66. The molecular weight excluding hydrogens is 210 g/mol. The molecule has 2 nitrogen and oxygen atoms in total. The van der Waals surface area contributed by atoms with Crippen LogP contribution in [-0.4, -0.2) is 13.2 Å². The lowest BCUT2D eigenvalue weighted by molar-refractivity contribution is 0.269. The topological polar surface area (TPSA) is 35.2 Å². The minimum atomic E-state index is 0.457. The van der Waals surface area contributed by atoms with E-state index in [4.69, 9.17) is 10.5 Å². The van der Waals surface area contributed by atoms with Crippen molar-refractivity contribution >= 4 is 0 Å². The maximum absolute atomic E-state index is 5.88. The van der Waals surface area contributed by atoms with Gasteiger partial charge >= 0.3 is 0 Å². The van der Waals surface area contributed by atoms with Crippen molar-refractivity contribution in [1.82, 2.24) is 0 Å². The summed E-state index contributed by atoms with van der Waals surface area (Å²) in [6.07, 6.45) is 2.56. The van der Waals surface area contributed by atoms with Crippen LogP contribution in [0.2, 0.25) is 0 Å². The zero-order valence-electron chi connectivity index (χ0n) is 10.7. The molecule has 1 aromatic carbocycles. The van der Waals surface area contributed by atoms with Crippen molar-refractivity contribution in [2.75, 3.05) is 13.2 Å². The first-order valence-electron chi connectivity index (χ1n) is 6.54. The van der Waals surface area contributed by atoms with Crippen molar-refractivity contribution in [1.29, 1.82) is 0 Å². The van der Waals surface area contributed by atoms with Gasteiger partial charge < -0.3 is 10.5 Å². The Morgan fingerprint density at radius 2 is 1.82 bits per heavy atom. The molecular formula is C15H21NO. The average Bonchev–Trinajstić information content (AvgIpc) is 3.13. The summed E-state index contributed by atoms with van der Waals surface area (Å²) in [5.74, 6) is 1.58. The van der Waals surface area contributed by atoms with Crippen LogP contribution in [0.1, 0.15) is 38.2 Å². The number of rotatable bonds is 5. The van der Waals surface area contributed by atoms with Gasteiger partial charge in [-0.25, -0.2) is 0 Å². The van der Waals surface area contributed by atoms with E-state index in [0.717, 1.165) is 18.9 Å². The molecule has 0 aliphatic heterocycles.